The van der Waals surface area contributed by atoms with E-state index in [9.17, 15) is 4.79 Å². The Morgan fingerprint density at radius 1 is 1.03 bits per heavy atom. The average molecular weight is 386 g/mol. The molecule has 0 spiro atoms. The maximum Gasteiger partial charge on any atom is 0.252 e. The third kappa shape index (κ3) is 4.46. The van der Waals surface area contributed by atoms with Crippen LogP contribution in [0.15, 0.2) is 71.1 Å². The quantitative estimate of drug-likeness (QED) is 0.509. The second-order valence-corrected chi connectivity index (χ2v) is 6.99. The van der Waals surface area contributed by atoms with E-state index in [0.717, 1.165) is 16.7 Å². The van der Waals surface area contributed by atoms with Crippen molar-refractivity contribution in [1.29, 1.82) is 0 Å². The van der Waals surface area contributed by atoms with Gasteiger partial charge in [0.05, 0.1) is 17.6 Å². The fraction of sp³-hybridized carbons (Fsp3) is 0.167. The molecule has 0 aliphatic heterocycles. The summed E-state index contributed by atoms with van der Waals surface area (Å²) in [6.45, 7) is 4.63. The molecule has 5 heteroatoms. The molecule has 0 aliphatic carbocycles. The summed E-state index contributed by atoms with van der Waals surface area (Å²) in [5.74, 6) is 1.75. The molecule has 2 heterocycles. The molecular formula is C24H22N2O3. The first-order valence-electron chi connectivity index (χ1n) is 9.50. The number of nitrogens with zero attached hydrogens (tertiary/aromatic N) is 1. The predicted molar refractivity (Wildman–Crippen MR) is 112 cm³/mol. The minimum Gasteiger partial charge on any atom is -0.473 e. The molecule has 0 radical (unpaired) electrons. The average Bonchev–Trinajstić information content (AvgIpc) is 3.16. The summed E-state index contributed by atoms with van der Waals surface area (Å²) in [6, 6.07) is 21.1. The second kappa shape index (κ2) is 8.19. The molecule has 5 nitrogen and oxygen atoms in total. The molecule has 1 amide bonds. The van der Waals surface area contributed by atoms with E-state index in [-0.39, 0.29) is 5.91 Å². The van der Waals surface area contributed by atoms with Gasteiger partial charge in [-0.25, -0.2) is 4.98 Å². The summed E-state index contributed by atoms with van der Waals surface area (Å²) in [6.07, 6.45) is 0. The lowest BCUT2D eigenvalue weighted by Gasteiger charge is -2.11. The molecule has 0 atom stereocenters. The number of aromatic nitrogens is 1. The molecule has 29 heavy (non-hydrogen) atoms. The zero-order valence-corrected chi connectivity index (χ0v) is 16.4. The highest BCUT2D eigenvalue weighted by Gasteiger charge is 2.14. The predicted octanol–water partition coefficient (Wildman–Crippen LogP) is 4.95. The Bertz CT molecular complexity index is 1150. The fourth-order valence-electron chi connectivity index (χ4n) is 3.10. The highest BCUT2D eigenvalue weighted by atomic mass is 16.5. The molecule has 0 aliphatic rings. The lowest BCUT2D eigenvalue weighted by atomic mass is 10.1. The lowest BCUT2D eigenvalue weighted by molar-refractivity contribution is 0.0949. The van der Waals surface area contributed by atoms with E-state index < -0.39 is 0 Å². The second-order valence-electron chi connectivity index (χ2n) is 6.99. The highest BCUT2D eigenvalue weighted by Crippen LogP contribution is 2.23. The van der Waals surface area contributed by atoms with E-state index >= 15 is 0 Å². The summed E-state index contributed by atoms with van der Waals surface area (Å²) < 4.78 is 11.4. The van der Waals surface area contributed by atoms with Crippen LogP contribution in [-0.2, 0) is 13.2 Å². The molecule has 4 aromatic rings. The number of aryl methyl sites for hydroxylation is 2. The number of amides is 1. The number of hydrogen-bond donors (Lipinski definition) is 1. The Morgan fingerprint density at radius 2 is 1.83 bits per heavy atom. The number of nitrogens with one attached hydrogen (secondary N) is 1. The van der Waals surface area contributed by atoms with Gasteiger partial charge in [-0.05, 0) is 37.6 Å². The van der Waals surface area contributed by atoms with Crippen molar-refractivity contribution in [3.05, 3.63) is 94.9 Å². The van der Waals surface area contributed by atoms with Gasteiger partial charge in [0.2, 0.25) is 5.88 Å². The van der Waals surface area contributed by atoms with Gasteiger partial charge in [0.15, 0.2) is 0 Å². The summed E-state index contributed by atoms with van der Waals surface area (Å²) in [5, 5.41) is 3.69. The van der Waals surface area contributed by atoms with Crippen LogP contribution in [0.1, 0.15) is 33.0 Å². The van der Waals surface area contributed by atoms with Crippen molar-refractivity contribution in [3.8, 4) is 5.88 Å². The van der Waals surface area contributed by atoms with Gasteiger partial charge in [0, 0.05) is 11.5 Å². The van der Waals surface area contributed by atoms with Crippen molar-refractivity contribution in [2.24, 2.45) is 0 Å². The van der Waals surface area contributed by atoms with E-state index in [1.807, 2.05) is 74.5 Å². The molecule has 1 N–H and O–H groups in total. The molecule has 2 aromatic carbocycles. The molecule has 0 fully saturated rings. The largest absolute Gasteiger partial charge is 0.473 e. The van der Waals surface area contributed by atoms with Crippen LogP contribution in [0, 0.1) is 13.8 Å². The monoisotopic (exact) mass is 386 g/mol. The van der Waals surface area contributed by atoms with Crippen LogP contribution in [0.25, 0.3) is 10.9 Å². The molecule has 2 aromatic heterocycles. The third-order valence-electron chi connectivity index (χ3n) is 4.66. The topological polar surface area (TPSA) is 64.4 Å². The van der Waals surface area contributed by atoms with Gasteiger partial charge in [0.25, 0.3) is 5.91 Å². The molecular weight excluding hydrogens is 364 g/mol. The Labute approximate surface area is 169 Å². The number of ether oxygens (including phenoxy) is 1. The standard InChI is InChI=1S/C24H22N2O3/c1-16-7-10-18(11-8-16)15-28-23-13-21(20-5-3-4-6-22(20)26-23)24(27)25-14-19-12-9-17(2)29-19/h3-13H,14-15H2,1-2H3,(H,25,27). The highest BCUT2D eigenvalue weighted by molar-refractivity contribution is 6.06. The van der Waals surface area contributed by atoms with Gasteiger partial charge in [-0.2, -0.15) is 0 Å². The van der Waals surface area contributed by atoms with Crippen LogP contribution in [-0.4, -0.2) is 10.9 Å². The van der Waals surface area contributed by atoms with E-state index in [4.69, 9.17) is 9.15 Å². The number of hydrogen-bond acceptors (Lipinski definition) is 4. The molecule has 146 valence electrons. The van der Waals surface area contributed by atoms with E-state index in [1.54, 1.807) is 6.07 Å². The van der Waals surface area contributed by atoms with Crippen LogP contribution in [0.2, 0.25) is 0 Å². The minimum atomic E-state index is -0.196. The van der Waals surface area contributed by atoms with Gasteiger partial charge in [-0.3, -0.25) is 4.79 Å². The zero-order chi connectivity index (χ0) is 20.2. The minimum absolute atomic E-state index is 0.196. The number of pyridine rings is 1. The maximum atomic E-state index is 12.9. The summed E-state index contributed by atoms with van der Waals surface area (Å²) in [4.78, 5) is 17.4. The van der Waals surface area contributed by atoms with Gasteiger partial charge < -0.3 is 14.5 Å². The van der Waals surface area contributed by atoms with E-state index in [2.05, 4.69) is 10.3 Å². The van der Waals surface area contributed by atoms with Crippen molar-refractivity contribution in [3.63, 3.8) is 0 Å². The van der Waals surface area contributed by atoms with Gasteiger partial charge in [-0.1, -0.05) is 48.0 Å². The summed E-state index contributed by atoms with van der Waals surface area (Å²) in [7, 11) is 0. The van der Waals surface area contributed by atoms with Crippen LogP contribution in [0.5, 0.6) is 5.88 Å². The van der Waals surface area contributed by atoms with Crippen LogP contribution in [0.3, 0.4) is 0 Å². The summed E-state index contributed by atoms with van der Waals surface area (Å²) >= 11 is 0. The summed E-state index contributed by atoms with van der Waals surface area (Å²) in [5.41, 5.74) is 3.48. The maximum absolute atomic E-state index is 12.9. The third-order valence-corrected chi connectivity index (χ3v) is 4.66. The number of furan rings is 1. The van der Waals surface area contributed by atoms with Crippen LogP contribution >= 0.6 is 0 Å². The lowest BCUT2D eigenvalue weighted by Crippen LogP contribution is -2.23. The van der Waals surface area contributed by atoms with Crippen molar-refractivity contribution in [2.45, 2.75) is 27.0 Å². The number of rotatable bonds is 6. The fourth-order valence-corrected chi connectivity index (χ4v) is 3.10. The Morgan fingerprint density at radius 3 is 2.59 bits per heavy atom. The number of para-hydroxylation sites is 1. The molecule has 0 bridgehead atoms. The van der Waals surface area contributed by atoms with Crippen molar-refractivity contribution < 1.29 is 13.9 Å². The number of carbonyl (C=O) groups is 1. The first kappa shape index (κ1) is 18.7. The molecule has 0 unspecified atom stereocenters. The number of fused-ring (bicyclic) bond motifs is 1. The normalized spacial score (nSPS) is 10.8. The van der Waals surface area contributed by atoms with E-state index in [1.165, 1.54) is 5.56 Å². The van der Waals surface area contributed by atoms with Gasteiger partial charge in [-0.15, -0.1) is 0 Å². The first-order chi connectivity index (χ1) is 14.1. The Hall–Kier alpha value is -3.60. The van der Waals surface area contributed by atoms with Crippen molar-refractivity contribution in [1.82, 2.24) is 10.3 Å². The molecule has 0 saturated carbocycles. The molecule has 0 saturated heterocycles. The molecule has 4 rings (SSSR count). The van der Waals surface area contributed by atoms with Gasteiger partial charge in [0.1, 0.15) is 18.1 Å². The smallest absolute Gasteiger partial charge is 0.252 e. The van der Waals surface area contributed by atoms with Crippen LogP contribution < -0.4 is 10.1 Å². The number of benzene rings is 2. The Kier molecular flexibility index (Phi) is 5.29. The SMILES string of the molecule is Cc1ccc(COc2cc(C(=O)NCc3ccc(C)o3)c3ccccc3n2)cc1. The van der Waals surface area contributed by atoms with Crippen molar-refractivity contribution >= 4 is 16.8 Å². The van der Waals surface area contributed by atoms with Gasteiger partial charge >= 0.3 is 0 Å². The number of carbonyl (C=O) groups excluding carboxylic acids is 1. The zero-order valence-electron chi connectivity index (χ0n) is 16.4. The van der Waals surface area contributed by atoms with E-state index in [0.29, 0.717) is 35.9 Å². The Balaban J connectivity index is 1.56. The first-order valence-corrected chi connectivity index (χ1v) is 9.50. The van der Waals surface area contributed by atoms with Crippen molar-refractivity contribution in [2.75, 3.05) is 0 Å². The van der Waals surface area contributed by atoms with Crippen LogP contribution in [0.4, 0.5) is 0 Å².